The number of hydrogen-bond acceptors (Lipinski definition) is 8. The van der Waals surface area contributed by atoms with Crippen LogP contribution in [0.4, 0.5) is 0 Å². The van der Waals surface area contributed by atoms with Crippen molar-refractivity contribution in [2.24, 2.45) is 22.7 Å². The average molecular weight is 539 g/mol. The standard InChI is InChI=1S/C28H42O6S2/c1-18-8-11-23-27(2,14-12-24(30)28(23,3)17-29)21(18)10-9-20-22(16-33-26(20)32)34-25(31)7-5-4-6-19-13-15-35-36-19/h9,19,21-24,29-30H,1,4-8,10-17H2,2-3H3/b20-9+/t19?,21-,22?,23?,24-,27+,28?/m1/s1. The molecule has 2 heterocycles. The SMILES string of the molecule is C=C1CCC2C(C)(CO)[C@H](O)CC[C@@]2(C)[C@@H]1C/C=C1/C(=O)OCC1OC(=O)CCCCC1CCSS1. The predicted molar refractivity (Wildman–Crippen MR) is 144 cm³/mol. The van der Waals surface area contributed by atoms with Crippen LogP contribution >= 0.6 is 21.6 Å². The number of esters is 2. The van der Waals surface area contributed by atoms with Gasteiger partial charge in [-0.15, -0.1) is 0 Å². The lowest BCUT2D eigenvalue weighted by atomic mass is 9.46. The Bertz CT molecular complexity index is 868. The van der Waals surface area contributed by atoms with E-state index in [9.17, 15) is 19.8 Å². The Hall–Kier alpha value is -0.960. The molecule has 4 aliphatic rings. The highest BCUT2D eigenvalue weighted by Gasteiger charge is 2.57. The van der Waals surface area contributed by atoms with Gasteiger partial charge in [-0.2, -0.15) is 0 Å². The van der Waals surface area contributed by atoms with Crippen molar-refractivity contribution < 1.29 is 29.3 Å². The second-order valence-corrected chi connectivity index (χ2v) is 14.4. The molecule has 7 atom stereocenters. The van der Waals surface area contributed by atoms with Crippen molar-refractivity contribution in [2.75, 3.05) is 19.0 Å². The number of ether oxygens (including phenoxy) is 2. The highest BCUT2D eigenvalue weighted by molar-refractivity contribution is 8.77. The monoisotopic (exact) mass is 538 g/mol. The third kappa shape index (κ3) is 5.71. The van der Waals surface area contributed by atoms with E-state index in [2.05, 4.69) is 13.5 Å². The van der Waals surface area contributed by atoms with E-state index in [0.29, 0.717) is 30.1 Å². The maximum Gasteiger partial charge on any atom is 0.337 e. The number of hydrogen-bond donors (Lipinski definition) is 2. The average Bonchev–Trinajstić information content (AvgIpc) is 3.49. The minimum Gasteiger partial charge on any atom is -0.458 e. The number of aliphatic hydroxyl groups excluding tert-OH is 2. The molecule has 0 aromatic heterocycles. The van der Waals surface area contributed by atoms with Crippen LogP contribution in [0.15, 0.2) is 23.8 Å². The zero-order chi connectivity index (χ0) is 25.9. The molecule has 0 aromatic carbocycles. The molecule has 4 unspecified atom stereocenters. The van der Waals surface area contributed by atoms with Crippen LogP contribution < -0.4 is 0 Å². The van der Waals surface area contributed by atoms with E-state index >= 15 is 0 Å². The van der Waals surface area contributed by atoms with Gasteiger partial charge in [0.25, 0.3) is 0 Å². The third-order valence-electron chi connectivity index (χ3n) is 9.37. The number of fused-ring (bicyclic) bond motifs is 1. The summed E-state index contributed by atoms with van der Waals surface area (Å²) >= 11 is 0. The fraction of sp³-hybridized carbons (Fsp3) is 0.786. The Labute approximate surface area is 223 Å². The molecule has 0 aromatic rings. The number of cyclic esters (lactones) is 1. The van der Waals surface area contributed by atoms with Gasteiger partial charge in [0.15, 0.2) is 6.10 Å². The van der Waals surface area contributed by atoms with Gasteiger partial charge in [-0.05, 0) is 68.6 Å². The molecule has 2 aliphatic heterocycles. The summed E-state index contributed by atoms with van der Waals surface area (Å²) in [4.78, 5) is 25.0. The summed E-state index contributed by atoms with van der Waals surface area (Å²) in [5.41, 5.74) is 0.912. The van der Waals surface area contributed by atoms with E-state index in [-0.39, 0.29) is 36.4 Å². The van der Waals surface area contributed by atoms with Gasteiger partial charge in [0.05, 0.1) is 18.3 Å². The highest BCUT2D eigenvalue weighted by atomic mass is 33.1. The summed E-state index contributed by atoms with van der Waals surface area (Å²) in [6.07, 6.45) is 9.15. The van der Waals surface area contributed by atoms with Gasteiger partial charge in [0.2, 0.25) is 0 Å². The minimum absolute atomic E-state index is 0.0441. The van der Waals surface area contributed by atoms with Crippen molar-refractivity contribution in [1.29, 1.82) is 0 Å². The van der Waals surface area contributed by atoms with Gasteiger partial charge >= 0.3 is 11.9 Å². The molecular weight excluding hydrogens is 496 g/mol. The van der Waals surface area contributed by atoms with Crippen LogP contribution in [-0.4, -0.2) is 58.6 Å². The third-order valence-corrected chi connectivity index (χ3v) is 12.4. The first-order chi connectivity index (χ1) is 17.2. The van der Waals surface area contributed by atoms with Gasteiger partial charge in [-0.1, -0.05) is 60.1 Å². The van der Waals surface area contributed by atoms with E-state index in [4.69, 9.17) is 9.47 Å². The van der Waals surface area contributed by atoms with Crippen LogP contribution in [-0.2, 0) is 19.1 Å². The maximum absolute atomic E-state index is 12.5. The number of carbonyl (C=O) groups excluding carboxylic acids is 2. The largest absolute Gasteiger partial charge is 0.458 e. The van der Waals surface area contributed by atoms with Gasteiger partial charge < -0.3 is 19.7 Å². The van der Waals surface area contributed by atoms with Crippen LogP contribution in [0.3, 0.4) is 0 Å². The van der Waals surface area contributed by atoms with E-state index in [1.165, 1.54) is 12.2 Å². The van der Waals surface area contributed by atoms with Crippen LogP contribution in [0.1, 0.15) is 78.1 Å². The quantitative estimate of drug-likeness (QED) is 0.136. The first-order valence-electron chi connectivity index (χ1n) is 13.5. The lowest BCUT2D eigenvalue weighted by Gasteiger charge is -2.59. The molecule has 2 N–H and O–H groups in total. The van der Waals surface area contributed by atoms with Crippen LogP contribution in [0.2, 0.25) is 0 Å². The van der Waals surface area contributed by atoms with E-state index in [1.807, 2.05) is 34.6 Å². The van der Waals surface area contributed by atoms with E-state index in [0.717, 1.165) is 44.1 Å². The van der Waals surface area contributed by atoms with Crippen molar-refractivity contribution in [3.8, 4) is 0 Å². The van der Waals surface area contributed by atoms with Crippen molar-refractivity contribution in [1.82, 2.24) is 0 Å². The molecule has 2 saturated carbocycles. The lowest BCUT2D eigenvalue weighted by molar-refractivity contribution is -0.151. The number of aliphatic hydroxyl groups is 2. The summed E-state index contributed by atoms with van der Waals surface area (Å²) < 4.78 is 10.9. The topological polar surface area (TPSA) is 93.1 Å². The van der Waals surface area contributed by atoms with Gasteiger partial charge in [-0.3, -0.25) is 4.79 Å². The number of carbonyl (C=O) groups is 2. The molecule has 0 radical (unpaired) electrons. The smallest absolute Gasteiger partial charge is 0.337 e. The van der Waals surface area contributed by atoms with Crippen molar-refractivity contribution >= 4 is 33.5 Å². The van der Waals surface area contributed by atoms with Gasteiger partial charge in [0.1, 0.15) is 6.61 Å². The van der Waals surface area contributed by atoms with Gasteiger partial charge in [0, 0.05) is 22.8 Å². The molecule has 6 nitrogen and oxygen atoms in total. The molecule has 0 bridgehead atoms. The van der Waals surface area contributed by atoms with Gasteiger partial charge in [-0.25, -0.2) is 4.79 Å². The Morgan fingerprint density at radius 2 is 2.08 bits per heavy atom. The molecule has 202 valence electrons. The second-order valence-electron chi connectivity index (χ2n) is 11.6. The highest BCUT2D eigenvalue weighted by Crippen LogP contribution is 2.61. The number of allylic oxidation sites excluding steroid dienone is 2. The Morgan fingerprint density at radius 1 is 1.28 bits per heavy atom. The summed E-state index contributed by atoms with van der Waals surface area (Å²) in [7, 11) is 3.90. The summed E-state index contributed by atoms with van der Waals surface area (Å²) in [5, 5.41) is 21.6. The predicted octanol–water partition coefficient (Wildman–Crippen LogP) is 5.23. The maximum atomic E-state index is 12.5. The number of rotatable bonds is 9. The Morgan fingerprint density at radius 3 is 2.81 bits per heavy atom. The molecule has 0 amide bonds. The summed E-state index contributed by atoms with van der Waals surface area (Å²) in [5.74, 6) is 0.827. The normalized spacial score (nSPS) is 39.8. The van der Waals surface area contributed by atoms with Crippen LogP contribution in [0.5, 0.6) is 0 Å². The molecule has 4 fully saturated rings. The Balaban J connectivity index is 1.37. The lowest BCUT2D eigenvalue weighted by Crippen LogP contribution is -2.57. The zero-order valence-corrected chi connectivity index (χ0v) is 23.3. The molecule has 0 spiro atoms. The molecule has 4 rings (SSSR count). The summed E-state index contributed by atoms with van der Waals surface area (Å²) in [6.45, 7) is 8.65. The van der Waals surface area contributed by atoms with Crippen LogP contribution in [0.25, 0.3) is 0 Å². The first kappa shape index (κ1) is 28.1. The molecular formula is C28H42O6S2. The van der Waals surface area contributed by atoms with Crippen molar-refractivity contribution in [2.45, 2.75) is 95.5 Å². The zero-order valence-electron chi connectivity index (χ0n) is 21.7. The first-order valence-corrected chi connectivity index (χ1v) is 15.9. The fourth-order valence-corrected chi connectivity index (χ4v) is 10.1. The van der Waals surface area contributed by atoms with Crippen molar-refractivity contribution in [3.05, 3.63) is 23.8 Å². The molecule has 36 heavy (non-hydrogen) atoms. The summed E-state index contributed by atoms with van der Waals surface area (Å²) in [6, 6.07) is 0. The number of unbranched alkanes of at least 4 members (excludes halogenated alkanes) is 1. The van der Waals surface area contributed by atoms with Crippen LogP contribution in [0, 0.1) is 22.7 Å². The fourth-order valence-electron chi connectivity index (χ4n) is 7.07. The van der Waals surface area contributed by atoms with E-state index < -0.39 is 23.6 Å². The van der Waals surface area contributed by atoms with Crippen molar-refractivity contribution in [3.63, 3.8) is 0 Å². The molecule has 2 aliphatic carbocycles. The molecule has 8 heteroatoms. The second kappa shape index (κ2) is 11.8. The minimum atomic E-state index is -0.650. The molecule has 2 saturated heterocycles. The van der Waals surface area contributed by atoms with E-state index in [1.54, 1.807) is 0 Å². The Kier molecular flexibility index (Phi) is 9.22.